The highest BCUT2D eigenvalue weighted by Crippen LogP contribution is 2.33. The number of ether oxygens (including phenoxy) is 1. The monoisotopic (exact) mass is 593 g/mol. The van der Waals surface area contributed by atoms with Gasteiger partial charge in [-0.05, 0) is 44.7 Å². The van der Waals surface area contributed by atoms with Gasteiger partial charge in [-0.15, -0.1) is 0 Å². The second kappa shape index (κ2) is 11.6. The van der Waals surface area contributed by atoms with E-state index >= 15 is 0 Å². The molecule has 1 unspecified atom stereocenters. The van der Waals surface area contributed by atoms with Crippen LogP contribution in [0.1, 0.15) is 30.5 Å². The lowest BCUT2D eigenvalue weighted by molar-refractivity contribution is -0.117. The molecule has 44 heavy (non-hydrogen) atoms. The van der Waals surface area contributed by atoms with Gasteiger partial charge in [0.1, 0.15) is 11.9 Å². The Labute approximate surface area is 254 Å². The first kappa shape index (κ1) is 27.8. The normalized spacial score (nSPS) is 16.8. The lowest BCUT2D eigenvalue weighted by atomic mass is 10.1. The molecule has 2 fully saturated rings. The average molecular weight is 594 g/mol. The van der Waals surface area contributed by atoms with Crippen molar-refractivity contribution >= 4 is 40.1 Å². The molecule has 2 aliphatic rings. The van der Waals surface area contributed by atoms with Gasteiger partial charge in [-0.3, -0.25) is 19.4 Å². The quantitative estimate of drug-likeness (QED) is 0.186. The van der Waals surface area contributed by atoms with Crippen molar-refractivity contribution in [3.8, 4) is 17.1 Å². The van der Waals surface area contributed by atoms with Crippen LogP contribution in [0, 0.1) is 13.8 Å². The van der Waals surface area contributed by atoms with Gasteiger partial charge in [0, 0.05) is 61.3 Å². The molecule has 13 heteroatoms. The summed E-state index contributed by atoms with van der Waals surface area (Å²) in [6.07, 6.45) is 10.2. The number of aromatic nitrogens is 7. The Morgan fingerprint density at radius 3 is 2.82 bits per heavy atom. The number of H-pyrrole nitrogens is 1. The van der Waals surface area contributed by atoms with Gasteiger partial charge < -0.3 is 25.7 Å². The molecule has 0 bridgehead atoms. The summed E-state index contributed by atoms with van der Waals surface area (Å²) in [6, 6.07) is 8.31. The number of nitrogens with one attached hydrogen (secondary N) is 4. The fourth-order valence-electron chi connectivity index (χ4n) is 5.48. The third-order valence-corrected chi connectivity index (χ3v) is 8.00. The van der Waals surface area contributed by atoms with E-state index < -0.39 is 0 Å². The van der Waals surface area contributed by atoms with Crippen molar-refractivity contribution in [2.45, 2.75) is 45.3 Å². The molecule has 0 radical (unpaired) electrons. The number of amides is 1. The maximum atomic E-state index is 13.1. The molecule has 1 amide bonds. The first-order chi connectivity index (χ1) is 21.4. The van der Waals surface area contributed by atoms with Crippen molar-refractivity contribution < 1.29 is 9.53 Å². The Morgan fingerprint density at radius 2 is 2.00 bits per heavy atom. The summed E-state index contributed by atoms with van der Waals surface area (Å²) in [6.45, 7) is 5.65. The minimum atomic E-state index is -0.0833. The van der Waals surface area contributed by atoms with E-state index in [0.29, 0.717) is 30.2 Å². The lowest BCUT2D eigenvalue weighted by Gasteiger charge is -2.16. The Hall–Kier alpha value is -5.04. The largest absolute Gasteiger partial charge is 0.472 e. The number of fused-ring (bicyclic) bond motifs is 1. The average Bonchev–Trinajstić information content (AvgIpc) is 3.37. The fourth-order valence-corrected chi connectivity index (χ4v) is 5.48. The number of aryl methyl sites for hydroxylation is 3. The number of carbonyl (C=O) groups excluding carboxylic acids is 1. The summed E-state index contributed by atoms with van der Waals surface area (Å²) >= 11 is 0. The van der Waals surface area contributed by atoms with E-state index in [1.165, 1.54) is 12.8 Å². The van der Waals surface area contributed by atoms with Crippen LogP contribution in [0.2, 0.25) is 0 Å². The highest BCUT2D eigenvalue weighted by molar-refractivity contribution is 6.06. The lowest BCUT2D eigenvalue weighted by Crippen LogP contribution is -2.33. The summed E-state index contributed by atoms with van der Waals surface area (Å²) in [4.78, 5) is 36.6. The molecule has 1 saturated carbocycles. The van der Waals surface area contributed by atoms with Crippen molar-refractivity contribution in [1.82, 2.24) is 39.6 Å². The zero-order valence-electron chi connectivity index (χ0n) is 25.0. The summed E-state index contributed by atoms with van der Waals surface area (Å²) in [5.74, 6) is 2.32. The van der Waals surface area contributed by atoms with Gasteiger partial charge in [0.05, 0.1) is 35.8 Å². The van der Waals surface area contributed by atoms with Crippen molar-refractivity contribution in [1.29, 1.82) is 0 Å². The molecular formula is C31H35N11O2. The number of benzene rings is 1. The van der Waals surface area contributed by atoms with Gasteiger partial charge in [-0.1, -0.05) is 12.1 Å². The molecule has 1 atom stereocenters. The number of hydrogen-bond acceptors (Lipinski definition) is 10. The first-order valence-electron chi connectivity index (χ1n) is 14.9. The Kier molecular flexibility index (Phi) is 7.30. The van der Waals surface area contributed by atoms with Crippen molar-refractivity contribution in [2.24, 2.45) is 7.05 Å². The molecular weight excluding hydrogens is 558 g/mol. The smallest absolute Gasteiger partial charge is 0.238 e. The summed E-state index contributed by atoms with van der Waals surface area (Å²) in [5, 5.41) is 15.0. The number of carbonyl (C=O) groups is 1. The van der Waals surface area contributed by atoms with Crippen LogP contribution in [0.4, 0.5) is 23.3 Å². The topological polar surface area (TPSA) is 151 Å². The van der Waals surface area contributed by atoms with Crippen LogP contribution in [0.25, 0.3) is 22.2 Å². The molecule has 1 aliphatic heterocycles. The maximum Gasteiger partial charge on any atom is 0.238 e. The van der Waals surface area contributed by atoms with Gasteiger partial charge in [0.2, 0.25) is 17.7 Å². The molecule has 226 valence electrons. The number of anilines is 4. The number of para-hydroxylation sites is 1. The summed E-state index contributed by atoms with van der Waals surface area (Å²) in [5.41, 5.74) is 5.24. The number of nitrogens with zero attached hydrogens (tertiary/aromatic N) is 7. The van der Waals surface area contributed by atoms with Crippen molar-refractivity contribution in [3.63, 3.8) is 0 Å². The van der Waals surface area contributed by atoms with Crippen LogP contribution in [0.15, 0.2) is 49.1 Å². The van der Waals surface area contributed by atoms with Gasteiger partial charge in [0.15, 0.2) is 5.82 Å². The van der Waals surface area contributed by atoms with Crippen molar-refractivity contribution in [2.75, 3.05) is 35.6 Å². The van der Waals surface area contributed by atoms with Gasteiger partial charge in [-0.25, -0.2) is 9.97 Å². The molecule has 1 saturated heterocycles. The maximum absolute atomic E-state index is 13.1. The Morgan fingerprint density at radius 1 is 1.11 bits per heavy atom. The van der Waals surface area contributed by atoms with E-state index in [1.807, 2.05) is 51.4 Å². The molecule has 4 aromatic heterocycles. The molecule has 13 nitrogen and oxygen atoms in total. The third kappa shape index (κ3) is 6.04. The van der Waals surface area contributed by atoms with E-state index in [2.05, 4.69) is 45.9 Å². The third-order valence-electron chi connectivity index (χ3n) is 8.00. The summed E-state index contributed by atoms with van der Waals surface area (Å²) < 4.78 is 7.89. The Balaban J connectivity index is 1.00. The van der Waals surface area contributed by atoms with Gasteiger partial charge in [-0.2, -0.15) is 10.1 Å². The highest BCUT2D eigenvalue weighted by atomic mass is 16.5. The second-order valence-corrected chi connectivity index (χ2v) is 11.5. The molecule has 1 aliphatic carbocycles. The van der Waals surface area contributed by atoms with E-state index in [1.54, 1.807) is 23.3 Å². The molecule has 5 aromatic rings. The van der Waals surface area contributed by atoms with Crippen molar-refractivity contribution in [3.05, 3.63) is 60.3 Å². The van der Waals surface area contributed by atoms with Crippen LogP contribution in [0.3, 0.4) is 0 Å². The SMILES string of the molecule is Cc1cnc(Nc2cc(C)n(C)n2)nc1-c1c[nH]c2c(NC(=O)CN3CCC(Oc4cncc(NC5CC5)n4)C3)cccc12. The van der Waals surface area contributed by atoms with E-state index in [4.69, 9.17) is 9.72 Å². The minimum absolute atomic E-state index is 0.0418. The van der Waals surface area contributed by atoms with Crippen LogP contribution in [0.5, 0.6) is 5.88 Å². The van der Waals surface area contributed by atoms with E-state index in [0.717, 1.165) is 57.9 Å². The standard InChI is InChI=1S/C31H35N11O2/c1-18-12-34-31(38-25-11-19(2)41(3)40-25)39-29(18)23-13-33-30-22(23)5-4-6-24(30)36-27(43)17-42-10-9-21(16-42)44-28-15-32-14-26(37-28)35-20-7-8-20/h4-6,11-15,20-21,33H,7-10,16-17H2,1-3H3,(H,35,37)(H,36,43)(H,34,38,39,40). The predicted molar refractivity (Wildman–Crippen MR) is 168 cm³/mol. The highest BCUT2D eigenvalue weighted by Gasteiger charge is 2.27. The van der Waals surface area contributed by atoms with E-state index in [9.17, 15) is 4.79 Å². The zero-order chi connectivity index (χ0) is 30.2. The minimum Gasteiger partial charge on any atom is -0.472 e. The summed E-state index contributed by atoms with van der Waals surface area (Å²) in [7, 11) is 1.89. The number of hydrogen-bond donors (Lipinski definition) is 4. The Bertz CT molecular complexity index is 1810. The molecule has 0 spiro atoms. The molecule has 4 N–H and O–H groups in total. The van der Waals surface area contributed by atoms with Crippen LogP contribution in [-0.2, 0) is 11.8 Å². The van der Waals surface area contributed by atoms with Gasteiger partial charge in [0.25, 0.3) is 0 Å². The zero-order valence-corrected chi connectivity index (χ0v) is 25.0. The fraction of sp³-hybridized carbons (Fsp3) is 0.355. The second-order valence-electron chi connectivity index (χ2n) is 11.5. The van der Waals surface area contributed by atoms with Crippen LogP contribution >= 0.6 is 0 Å². The van der Waals surface area contributed by atoms with Gasteiger partial charge >= 0.3 is 0 Å². The van der Waals surface area contributed by atoms with E-state index in [-0.39, 0.29) is 18.6 Å². The van der Waals surface area contributed by atoms with Crippen LogP contribution in [-0.4, -0.2) is 77.3 Å². The number of aromatic amines is 1. The molecule has 7 rings (SSSR count). The first-order valence-corrected chi connectivity index (χ1v) is 14.9. The number of likely N-dealkylation sites (tertiary alicyclic amines) is 1. The molecule has 5 heterocycles. The number of rotatable bonds is 10. The predicted octanol–water partition coefficient (Wildman–Crippen LogP) is 4.17. The van der Waals surface area contributed by atoms with Crippen LogP contribution < -0.4 is 20.7 Å². The molecule has 1 aromatic carbocycles.